The maximum absolute atomic E-state index is 10.6. The average molecular weight is 460 g/mol. The zero-order valence-corrected chi connectivity index (χ0v) is 16.2. The van der Waals surface area contributed by atoms with E-state index in [9.17, 15) is 5.11 Å². The van der Waals surface area contributed by atoms with Crippen molar-refractivity contribution in [2.24, 2.45) is 0 Å². The molecule has 1 aliphatic rings. The summed E-state index contributed by atoms with van der Waals surface area (Å²) in [6.07, 6.45) is 0. The molecule has 8 nitrogen and oxygen atoms in total. The van der Waals surface area contributed by atoms with Gasteiger partial charge in [0.2, 0.25) is 5.79 Å². The fourth-order valence-corrected chi connectivity index (χ4v) is 2.41. The van der Waals surface area contributed by atoms with E-state index in [0.29, 0.717) is 13.2 Å². The molecule has 0 aliphatic carbocycles. The summed E-state index contributed by atoms with van der Waals surface area (Å²) in [6.45, 7) is 1.81. The number of nitrogens with zero attached hydrogens (tertiary/aromatic N) is 1. The minimum absolute atomic E-state index is 0.416. The first-order valence-electron chi connectivity index (χ1n) is 6.77. The molecule has 0 bridgehead atoms. The quantitative estimate of drug-likeness (QED) is 0.217. The summed E-state index contributed by atoms with van der Waals surface area (Å²) in [5, 5.41) is 13.8. The van der Waals surface area contributed by atoms with Crippen molar-refractivity contribution in [2.75, 3.05) is 46.2 Å². The first-order valence-corrected chi connectivity index (χ1v) is 9.38. The molecule has 1 heterocycles. The lowest BCUT2D eigenvalue weighted by molar-refractivity contribution is -0.871. The number of nitrogens with one attached hydrogen (secondary N) is 1. The van der Waals surface area contributed by atoms with Crippen LogP contribution in [0.5, 0.6) is 0 Å². The third-order valence-electron chi connectivity index (χ3n) is 3.02. The number of phosphoric acid groups is 1. The Morgan fingerprint density at radius 2 is 2.00 bits per heavy atom. The van der Waals surface area contributed by atoms with Gasteiger partial charge in [-0.25, -0.2) is 0 Å². The van der Waals surface area contributed by atoms with Gasteiger partial charge in [0, 0.05) is 14.8 Å². The van der Waals surface area contributed by atoms with Crippen LogP contribution in [0.4, 0.5) is 5.69 Å². The summed E-state index contributed by atoms with van der Waals surface area (Å²) >= 11 is 2.24. The number of anilines is 1. The molecule has 0 saturated carbocycles. The molecule has 10 heteroatoms. The second kappa shape index (κ2) is 7.75. The summed E-state index contributed by atoms with van der Waals surface area (Å²) in [4.78, 5) is 22.9. The molecular formula is C13H22IN2O6P. The van der Waals surface area contributed by atoms with Crippen molar-refractivity contribution in [2.45, 2.75) is 5.79 Å². The van der Waals surface area contributed by atoms with Gasteiger partial charge in [0.25, 0.3) is 7.82 Å². The van der Waals surface area contributed by atoms with Gasteiger partial charge in [0.15, 0.2) is 0 Å². The first-order chi connectivity index (χ1) is 10.3. The van der Waals surface area contributed by atoms with Crippen LogP contribution in [0.1, 0.15) is 5.56 Å². The first kappa shape index (κ1) is 20.8. The fraction of sp³-hybridized carbons (Fsp3) is 0.538. The zero-order chi connectivity index (χ0) is 17.9. The SMILES string of the molecule is C[N+](C)(C)CCOC1(O)CNc2ccc(I)cc21.O=P([O-])(O)O. The normalized spacial score (nSPS) is 20.3. The number of quaternary nitrogens is 1. The van der Waals surface area contributed by atoms with Crippen LogP contribution in [0.2, 0.25) is 0 Å². The van der Waals surface area contributed by atoms with E-state index in [1.54, 1.807) is 0 Å². The lowest BCUT2D eigenvalue weighted by Crippen LogP contribution is -2.41. The minimum Gasteiger partial charge on any atom is -0.756 e. The van der Waals surface area contributed by atoms with Gasteiger partial charge in [-0.1, -0.05) is 0 Å². The summed E-state index contributed by atoms with van der Waals surface area (Å²) in [5.41, 5.74) is 1.80. The van der Waals surface area contributed by atoms with Gasteiger partial charge < -0.3 is 34.3 Å². The second-order valence-electron chi connectivity index (χ2n) is 6.18. The lowest BCUT2D eigenvalue weighted by atomic mass is 10.1. The molecule has 1 atom stereocenters. The number of likely N-dealkylation sites (N-methyl/N-ethyl adjacent to an activating group) is 1. The van der Waals surface area contributed by atoms with Crippen molar-refractivity contribution in [3.8, 4) is 0 Å². The van der Waals surface area contributed by atoms with Crippen LogP contribution < -0.4 is 10.2 Å². The van der Waals surface area contributed by atoms with Gasteiger partial charge in [0.1, 0.15) is 6.54 Å². The highest BCUT2D eigenvalue weighted by molar-refractivity contribution is 14.1. The molecule has 23 heavy (non-hydrogen) atoms. The maximum Gasteiger partial charge on any atom is 0.262 e. The summed E-state index contributed by atoms with van der Waals surface area (Å²) in [7, 11) is 1.44. The van der Waals surface area contributed by atoms with E-state index in [0.717, 1.165) is 25.8 Å². The lowest BCUT2D eigenvalue weighted by Gasteiger charge is -2.28. The predicted octanol–water partition coefficient (Wildman–Crippen LogP) is 0.0240. The van der Waals surface area contributed by atoms with Crippen molar-refractivity contribution in [1.29, 1.82) is 0 Å². The number of ether oxygens (including phenoxy) is 1. The van der Waals surface area contributed by atoms with Crippen LogP contribution in [-0.4, -0.2) is 60.2 Å². The monoisotopic (exact) mass is 460 g/mol. The van der Waals surface area contributed by atoms with Crippen molar-refractivity contribution in [1.82, 2.24) is 0 Å². The summed E-state index contributed by atoms with van der Waals surface area (Å²) < 4.78 is 16.4. The van der Waals surface area contributed by atoms with Crippen molar-refractivity contribution in [3.63, 3.8) is 0 Å². The fourth-order valence-electron chi connectivity index (χ4n) is 1.92. The number of benzene rings is 1. The summed E-state index contributed by atoms with van der Waals surface area (Å²) in [5.74, 6) is -1.19. The molecule has 0 fully saturated rings. The van der Waals surface area contributed by atoms with Crippen LogP contribution in [0.3, 0.4) is 0 Å². The molecule has 1 aromatic rings. The highest BCUT2D eigenvalue weighted by Gasteiger charge is 2.38. The van der Waals surface area contributed by atoms with E-state index in [-0.39, 0.29) is 0 Å². The van der Waals surface area contributed by atoms with E-state index < -0.39 is 13.6 Å². The Balaban J connectivity index is 0.000000463. The van der Waals surface area contributed by atoms with Crippen molar-refractivity contribution >= 4 is 36.1 Å². The number of aliphatic hydroxyl groups is 1. The van der Waals surface area contributed by atoms with Gasteiger partial charge in [-0.05, 0) is 40.8 Å². The van der Waals surface area contributed by atoms with Gasteiger partial charge >= 0.3 is 0 Å². The smallest absolute Gasteiger partial charge is 0.262 e. The second-order valence-corrected chi connectivity index (χ2v) is 8.41. The molecule has 1 aromatic carbocycles. The van der Waals surface area contributed by atoms with Crippen LogP contribution in [0, 0.1) is 3.57 Å². The topological polar surface area (TPSA) is 122 Å². The molecule has 0 spiro atoms. The third kappa shape index (κ3) is 7.90. The standard InChI is InChI=1S/C13H20IN2O2.H3O4P/c1-16(2,3)6-7-18-13(17)9-15-12-5-4-10(14)8-11(12)13;1-5(2,3)4/h4-5,8,15,17H,6-7,9H2,1-3H3;(H3,1,2,3,4)/q+1;/p-1. The maximum atomic E-state index is 10.6. The van der Waals surface area contributed by atoms with Crippen LogP contribution >= 0.6 is 30.4 Å². The Morgan fingerprint density at radius 3 is 2.52 bits per heavy atom. The summed E-state index contributed by atoms with van der Waals surface area (Å²) in [6, 6.07) is 5.98. The number of β-amino-alcohol motifs (C(OH)–C–C–N with tert-alkyl or cyclic N) is 1. The van der Waals surface area contributed by atoms with Crippen LogP contribution in [0.15, 0.2) is 18.2 Å². The largest absolute Gasteiger partial charge is 0.756 e. The Bertz CT molecular complexity index is 580. The van der Waals surface area contributed by atoms with Gasteiger partial charge in [-0.15, -0.1) is 0 Å². The number of halogens is 1. The Hall–Kier alpha value is -0.260. The highest BCUT2D eigenvalue weighted by atomic mass is 127. The predicted molar refractivity (Wildman–Crippen MR) is 92.4 cm³/mol. The molecule has 0 aromatic heterocycles. The van der Waals surface area contributed by atoms with Crippen LogP contribution in [0.25, 0.3) is 0 Å². The molecule has 0 amide bonds. The number of fused-ring (bicyclic) bond motifs is 1. The average Bonchev–Trinajstić information content (AvgIpc) is 2.63. The Morgan fingerprint density at radius 1 is 1.43 bits per heavy atom. The van der Waals surface area contributed by atoms with Crippen LogP contribution in [-0.2, 0) is 15.1 Å². The van der Waals surface area contributed by atoms with Gasteiger partial charge in [-0.3, -0.25) is 4.57 Å². The van der Waals surface area contributed by atoms with Crippen molar-refractivity contribution in [3.05, 3.63) is 27.3 Å². The molecule has 0 radical (unpaired) electrons. The molecule has 4 N–H and O–H groups in total. The van der Waals surface area contributed by atoms with Crippen molar-refractivity contribution < 1.29 is 33.6 Å². The molecule has 2 rings (SSSR count). The van der Waals surface area contributed by atoms with Gasteiger partial charge in [-0.2, -0.15) is 0 Å². The van der Waals surface area contributed by atoms with E-state index in [4.69, 9.17) is 24.0 Å². The minimum atomic E-state index is -4.89. The number of hydrogen-bond donors (Lipinski definition) is 4. The molecule has 1 aliphatic heterocycles. The molecular weight excluding hydrogens is 438 g/mol. The number of hydrogen-bond acceptors (Lipinski definition) is 5. The molecule has 0 saturated heterocycles. The Labute approximate surface area is 149 Å². The Kier molecular flexibility index (Phi) is 7.00. The molecule has 1 unspecified atom stereocenters. The van der Waals surface area contributed by atoms with E-state index in [2.05, 4.69) is 49.1 Å². The third-order valence-corrected chi connectivity index (χ3v) is 3.69. The van der Waals surface area contributed by atoms with E-state index in [1.807, 2.05) is 18.2 Å². The van der Waals surface area contributed by atoms with Gasteiger partial charge in [0.05, 0.1) is 34.3 Å². The van der Waals surface area contributed by atoms with E-state index in [1.165, 1.54) is 0 Å². The number of rotatable bonds is 4. The molecule has 132 valence electrons. The van der Waals surface area contributed by atoms with E-state index >= 15 is 0 Å². The zero-order valence-electron chi connectivity index (χ0n) is 13.2. The highest BCUT2D eigenvalue weighted by Crippen LogP contribution is 2.36.